The zero-order chi connectivity index (χ0) is 28.1. The highest BCUT2D eigenvalue weighted by atomic mass is 15.0. The van der Waals surface area contributed by atoms with E-state index in [0.29, 0.717) is 0 Å². The van der Waals surface area contributed by atoms with Crippen molar-refractivity contribution in [3.63, 3.8) is 0 Å². The summed E-state index contributed by atoms with van der Waals surface area (Å²) >= 11 is 0. The molecule has 0 amide bonds. The molecule has 43 heavy (non-hydrogen) atoms. The van der Waals surface area contributed by atoms with Crippen molar-refractivity contribution in [1.29, 1.82) is 0 Å². The zero-order valence-electron chi connectivity index (χ0n) is 23.4. The molecule has 8 aromatic carbocycles. The number of rotatable bonds is 2. The van der Waals surface area contributed by atoms with Crippen molar-refractivity contribution in [2.24, 2.45) is 0 Å². The van der Waals surface area contributed by atoms with Crippen LogP contribution in [0.5, 0.6) is 0 Å². The van der Waals surface area contributed by atoms with E-state index in [1.165, 1.54) is 93.2 Å². The first-order valence-corrected chi connectivity index (χ1v) is 15.0. The molecule has 0 saturated carbocycles. The summed E-state index contributed by atoms with van der Waals surface area (Å²) in [7, 11) is 0. The molecule has 0 aliphatic heterocycles. The summed E-state index contributed by atoms with van der Waals surface area (Å²) in [5, 5.41) is 10.5. The van der Waals surface area contributed by atoms with Crippen molar-refractivity contribution < 1.29 is 0 Å². The quantitative estimate of drug-likeness (QED) is 0.191. The van der Waals surface area contributed by atoms with Gasteiger partial charge in [-0.2, -0.15) is 0 Å². The fraction of sp³-hybridized carbons (Fsp3) is 0. The molecule has 1 aliphatic carbocycles. The highest BCUT2D eigenvalue weighted by Gasteiger charge is 2.22. The topological polar surface area (TPSA) is 4.93 Å². The lowest BCUT2D eigenvalue weighted by molar-refractivity contribution is 1.18. The smallest absolute Gasteiger partial charge is 0.0547 e. The Kier molecular flexibility index (Phi) is 4.51. The molecule has 0 saturated heterocycles. The van der Waals surface area contributed by atoms with E-state index in [0.717, 1.165) is 0 Å². The second-order valence-corrected chi connectivity index (χ2v) is 11.7. The van der Waals surface area contributed by atoms with Gasteiger partial charge in [-0.05, 0) is 90.0 Å². The third-order valence-corrected chi connectivity index (χ3v) is 9.54. The highest BCUT2D eigenvalue weighted by Crippen LogP contribution is 2.49. The van der Waals surface area contributed by atoms with Gasteiger partial charge in [0.1, 0.15) is 0 Å². The van der Waals surface area contributed by atoms with Crippen LogP contribution in [0, 0.1) is 0 Å². The van der Waals surface area contributed by atoms with Crippen LogP contribution in [0.15, 0.2) is 152 Å². The molecule has 10 rings (SSSR count). The van der Waals surface area contributed by atoms with E-state index in [1.807, 2.05) is 0 Å². The molecule has 1 nitrogen and oxygen atoms in total. The van der Waals surface area contributed by atoms with Crippen molar-refractivity contribution in [2.75, 3.05) is 0 Å². The predicted octanol–water partition coefficient (Wildman–Crippen LogP) is 11.6. The Hall–Kier alpha value is -5.66. The Morgan fingerprint density at radius 3 is 1.81 bits per heavy atom. The minimum absolute atomic E-state index is 1.17. The lowest BCUT2D eigenvalue weighted by Crippen LogP contribution is -1.94. The van der Waals surface area contributed by atoms with Gasteiger partial charge in [0.05, 0.1) is 11.0 Å². The minimum atomic E-state index is 1.17. The number of aromatic nitrogens is 1. The first-order valence-electron chi connectivity index (χ1n) is 15.0. The van der Waals surface area contributed by atoms with E-state index < -0.39 is 0 Å². The van der Waals surface area contributed by atoms with E-state index in [4.69, 9.17) is 0 Å². The summed E-state index contributed by atoms with van der Waals surface area (Å²) in [6.45, 7) is 0. The van der Waals surface area contributed by atoms with Crippen molar-refractivity contribution in [3.05, 3.63) is 152 Å². The minimum Gasteiger partial charge on any atom is -0.309 e. The van der Waals surface area contributed by atoms with Crippen LogP contribution in [0.25, 0.3) is 93.2 Å². The second-order valence-electron chi connectivity index (χ2n) is 11.7. The second kappa shape index (κ2) is 8.44. The Balaban J connectivity index is 1.17. The van der Waals surface area contributed by atoms with E-state index in [1.54, 1.807) is 0 Å². The van der Waals surface area contributed by atoms with Crippen LogP contribution in [-0.2, 0) is 0 Å². The van der Waals surface area contributed by atoms with Gasteiger partial charge < -0.3 is 4.57 Å². The highest BCUT2D eigenvalue weighted by molar-refractivity contribution is 6.25. The maximum absolute atomic E-state index is 2.42. The molecule has 0 spiro atoms. The summed E-state index contributed by atoms with van der Waals surface area (Å²) in [5.74, 6) is 0. The molecule has 9 aromatic rings. The van der Waals surface area contributed by atoms with E-state index in [2.05, 4.69) is 156 Å². The molecule has 0 unspecified atom stereocenters. The van der Waals surface area contributed by atoms with E-state index >= 15 is 0 Å². The van der Waals surface area contributed by atoms with Gasteiger partial charge in [-0.15, -0.1) is 0 Å². The van der Waals surface area contributed by atoms with Gasteiger partial charge in [-0.25, -0.2) is 0 Å². The normalized spacial score (nSPS) is 12.2. The van der Waals surface area contributed by atoms with Crippen LogP contribution in [0.4, 0.5) is 0 Å². The molecule has 1 heterocycles. The third-order valence-electron chi connectivity index (χ3n) is 9.54. The molecular weight excluding hydrogens is 518 g/mol. The van der Waals surface area contributed by atoms with Gasteiger partial charge in [0.25, 0.3) is 0 Å². The fourth-order valence-corrected chi connectivity index (χ4v) is 7.68. The van der Waals surface area contributed by atoms with Crippen LogP contribution >= 0.6 is 0 Å². The zero-order valence-corrected chi connectivity index (χ0v) is 23.4. The Bertz CT molecular complexity index is 2570. The Morgan fingerprint density at radius 2 is 0.953 bits per heavy atom. The molecule has 0 fully saturated rings. The monoisotopic (exact) mass is 543 g/mol. The number of hydrogen-bond donors (Lipinski definition) is 0. The first-order chi connectivity index (χ1) is 21.3. The lowest BCUT2D eigenvalue weighted by Gasteiger charge is -2.12. The molecule has 0 bridgehead atoms. The standard InChI is InChI=1S/C42H25N/c1-2-9-29-26(8-1)18-21-37-33(29)24-25-40-42(37)38-12-5-6-15-39(38)43(40)28-19-16-27(17-20-28)30-22-23-36-32-11-4-3-10-31(32)35-14-7-13-34(30)41(35)36/h1-25H. The Labute approximate surface area is 248 Å². The maximum Gasteiger partial charge on any atom is 0.0547 e. The number of benzene rings is 8. The maximum atomic E-state index is 2.42. The van der Waals surface area contributed by atoms with E-state index in [-0.39, 0.29) is 0 Å². The molecule has 0 radical (unpaired) electrons. The molecule has 1 aliphatic rings. The van der Waals surface area contributed by atoms with Gasteiger partial charge in [-0.1, -0.05) is 127 Å². The SMILES string of the molecule is c1ccc2c(c1)-c1cccc3c(-c4ccc(-n5c6ccccc6c6c7ccc8ccccc8c7ccc65)cc4)ccc-2c13. The fourth-order valence-electron chi connectivity index (χ4n) is 7.68. The number of nitrogens with zero attached hydrogens (tertiary/aromatic N) is 1. The third kappa shape index (κ3) is 3.06. The van der Waals surface area contributed by atoms with Gasteiger partial charge in [0.2, 0.25) is 0 Å². The van der Waals surface area contributed by atoms with Crippen molar-refractivity contribution in [2.45, 2.75) is 0 Å². The molecular formula is C42H25N. The lowest BCUT2D eigenvalue weighted by atomic mass is 9.94. The average molecular weight is 544 g/mol. The molecule has 198 valence electrons. The van der Waals surface area contributed by atoms with Gasteiger partial charge >= 0.3 is 0 Å². The van der Waals surface area contributed by atoms with Gasteiger partial charge in [-0.3, -0.25) is 0 Å². The number of para-hydroxylation sites is 1. The molecule has 0 atom stereocenters. The molecule has 1 aromatic heterocycles. The summed E-state index contributed by atoms with van der Waals surface area (Å²) in [6, 6.07) is 55.9. The number of hydrogen-bond acceptors (Lipinski definition) is 0. The van der Waals surface area contributed by atoms with Crippen LogP contribution < -0.4 is 0 Å². The summed E-state index contributed by atoms with van der Waals surface area (Å²) in [4.78, 5) is 0. The first kappa shape index (κ1) is 23.0. The van der Waals surface area contributed by atoms with Crippen LogP contribution in [0.3, 0.4) is 0 Å². The predicted molar refractivity (Wildman–Crippen MR) is 183 cm³/mol. The van der Waals surface area contributed by atoms with Crippen molar-refractivity contribution in [3.8, 4) is 39.1 Å². The van der Waals surface area contributed by atoms with Crippen LogP contribution in [0.1, 0.15) is 0 Å². The molecule has 1 heteroatoms. The largest absolute Gasteiger partial charge is 0.309 e. The van der Waals surface area contributed by atoms with Crippen LogP contribution in [-0.4, -0.2) is 4.57 Å². The Morgan fingerprint density at radius 1 is 0.302 bits per heavy atom. The average Bonchev–Trinajstić information content (AvgIpc) is 3.59. The summed E-state index contributed by atoms with van der Waals surface area (Å²) in [6.07, 6.45) is 0. The van der Waals surface area contributed by atoms with Gasteiger partial charge in [0.15, 0.2) is 0 Å². The van der Waals surface area contributed by atoms with Gasteiger partial charge in [0, 0.05) is 16.5 Å². The molecule has 0 N–H and O–H groups in total. The summed E-state index contributed by atoms with van der Waals surface area (Å²) < 4.78 is 2.42. The van der Waals surface area contributed by atoms with Crippen molar-refractivity contribution in [1.82, 2.24) is 4.57 Å². The summed E-state index contributed by atoms with van der Waals surface area (Å²) in [5.41, 5.74) is 11.5. The van der Waals surface area contributed by atoms with Crippen LogP contribution in [0.2, 0.25) is 0 Å². The number of fused-ring (bicyclic) bond motifs is 10. The van der Waals surface area contributed by atoms with Crippen molar-refractivity contribution >= 4 is 54.1 Å². The van der Waals surface area contributed by atoms with E-state index in [9.17, 15) is 0 Å².